The Hall–Kier alpha value is -1.35. The molecule has 0 atom stereocenters. The summed E-state index contributed by atoms with van der Waals surface area (Å²) in [4.78, 5) is 20.4. The maximum absolute atomic E-state index is 12.1. The summed E-state index contributed by atoms with van der Waals surface area (Å²) in [6.45, 7) is 0. The number of hydrogen-bond acceptors (Lipinski definition) is 3. The number of ether oxygens (including phenoxy) is 1. The summed E-state index contributed by atoms with van der Waals surface area (Å²) < 4.78 is 84.4. The van der Waals surface area contributed by atoms with Crippen LogP contribution in [-0.2, 0) is 14.3 Å². The van der Waals surface area contributed by atoms with Crippen molar-refractivity contribution in [2.45, 2.75) is 24.9 Å². The van der Waals surface area contributed by atoms with E-state index in [1.54, 1.807) is 0 Å². The molecule has 0 aliphatic carbocycles. The average molecular weight is 256 g/mol. The SMILES string of the molecule is O=C(CC(F)(F)F)OC(=O)C(F)(F)C(F)F. The van der Waals surface area contributed by atoms with Crippen molar-refractivity contribution < 1.29 is 45.1 Å². The molecule has 94 valence electrons. The highest BCUT2D eigenvalue weighted by atomic mass is 19.4. The Balaban J connectivity index is 4.42. The van der Waals surface area contributed by atoms with Crippen molar-refractivity contribution in [2.24, 2.45) is 0 Å². The summed E-state index contributed by atoms with van der Waals surface area (Å²) in [5.41, 5.74) is 0. The van der Waals surface area contributed by atoms with Crippen molar-refractivity contribution in [1.82, 2.24) is 0 Å². The maximum atomic E-state index is 12.1. The molecule has 0 aromatic heterocycles. The summed E-state index contributed by atoms with van der Waals surface area (Å²) in [5, 5.41) is 0. The van der Waals surface area contributed by atoms with Gasteiger partial charge in [-0.05, 0) is 0 Å². The minimum atomic E-state index is -5.32. The number of carbonyl (C=O) groups is 2. The standard InChI is InChI=1S/C6H3F7O3/c7-3(8)6(12,13)4(15)16-2(14)1-5(9,10)11/h3H,1H2. The van der Waals surface area contributed by atoms with Crippen LogP contribution in [0.5, 0.6) is 0 Å². The van der Waals surface area contributed by atoms with Gasteiger partial charge in [0.15, 0.2) is 0 Å². The molecule has 0 rings (SSSR count). The van der Waals surface area contributed by atoms with Crippen molar-refractivity contribution in [3.8, 4) is 0 Å². The molecule has 0 aromatic rings. The van der Waals surface area contributed by atoms with Crippen LogP contribution in [0.25, 0.3) is 0 Å². The summed E-state index contributed by atoms with van der Waals surface area (Å²) in [7, 11) is 0. The molecule has 0 spiro atoms. The smallest absolute Gasteiger partial charge is 0.388 e. The second kappa shape index (κ2) is 4.66. The molecule has 0 fully saturated rings. The minimum Gasteiger partial charge on any atom is -0.388 e. The van der Waals surface area contributed by atoms with Gasteiger partial charge in [0.1, 0.15) is 6.42 Å². The van der Waals surface area contributed by atoms with Crippen LogP contribution in [-0.4, -0.2) is 30.5 Å². The largest absolute Gasteiger partial charge is 0.402 e. The van der Waals surface area contributed by atoms with E-state index in [-0.39, 0.29) is 0 Å². The second-order valence-electron chi connectivity index (χ2n) is 2.48. The number of halogens is 7. The third-order valence-corrected chi connectivity index (χ3v) is 1.10. The van der Waals surface area contributed by atoms with Gasteiger partial charge in [0.05, 0.1) is 0 Å². The van der Waals surface area contributed by atoms with Gasteiger partial charge in [-0.25, -0.2) is 13.6 Å². The van der Waals surface area contributed by atoms with Crippen LogP contribution >= 0.6 is 0 Å². The number of rotatable bonds is 3. The van der Waals surface area contributed by atoms with Crippen molar-refractivity contribution in [3.63, 3.8) is 0 Å². The number of hydrogen-bond donors (Lipinski definition) is 0. The highest BCUT2D eigenvalue weighted by molar-refractivity contribution is 5.89. The molecule has 0 amide bonds. The fourth-order valence-electron chi connectivity index (χ4n) is 0.460. The molecule has 3 nitrogen and oxygen atoms in total. The molecule has 0 aliphatic rings. The molecule has 0 radical (unpaired) electrons. The van der Waals surface area contributed by atoms with Gasteiger partial charge >= 0.3 is 30.5 Å². The van der Waals surface area contributed by atoms with Crippen molar-refractivity contribution in [1.29, 1.82) is 0 Å². The first kappa shape index (κ1) is 14.6. The van der Waals surface area contributed by atoms with E-state index in [4.69, 9.17) is 0 Å². The lowest BCUT2D eigenvalue weighted by Crippen LogP contribution is -2.39. The lowest BCUT2D eigenvalue weighted by Gasteiger charge is -2.13. The molecule has 0 unspecified atom stereocenters. The zero-order valence-electron chi connectivity index (χ0n) is 7.15. The summed E-state index contributed by atoms with van der Waals surface area (Å²) in [6, 6.07) is 0. The molecule has 0 saturated carbocycles. The summed E-state index contributed by atoms with van der Waals surface area (Å²) >= 11 is 0. The van der Waals surface area contributed by atoms with Crippen molar-refractivity contribution >= 4 is 11.9 Å². The molecule has 0 saturated heterocycles. The van der Waals surface area contributed by atoms with E-state index in [2.05, 4.69) is 4.74 Å². The van der Waals surface area contributed by atoms with Gasteiger partial charge in [0, 0.05) is 0 Å². The third-order valence-electron chi connectivity index (χ3n) is 1.10. The molecule has 0 N–H and O–H groups in total. The average Bonchev–Trinajstić information content (AvgIpc) is 1.99. The molecule has 0 heterocycles. The minimum absolute atomic E-state index is 2.32. The van der Waals surface area contributed by atoms with Gasteiger partial charge in [-0.3, -0.25) is 4.79 Å². The van der Waals surface area contributed by atoms with Gasteiger partial charge in [0.25, 0.3) is 0 Å². The predicted molar refractivity (Wildman–Crippen MR) is 32.7 cm³/mol. The second-order valence-corrected chi connectivity index (χ2v) is 2.48. The zero-order chi connectivity index (χ0) is 13.1. The van der Waals surface area contributed by atoms with Crippen LogP contribution in [0.2, 0.25) is 0 Å². The Morgan fingerprint density at radius 1 is 1.06 bits per heavy atom. The Bertz CT molecular complexity index is 282. The van der Waals surface area contributed by atoms with Crippen LogP contribution in [0.3, 0.4) is 0 Å². The third kappa shape index (κ3) is 4.45. The Morgan fingerprint density at radius 3 is 1.81 bits per heavy atom. The van der Waals surface area contributed by atoms with Gasteiger partial charge in [0.2, 0.25) is 0 Å². The summed E-state index contributed by atoms with van der Waals surface area (Å²) in [5.74, 6) is -10.7. The van der Waals surface area contributed by atoms with E-state index in [0.717, 1.165) is 0 Å². The quantitative estimate of drug-likeness (QED) is 0.440. The Kier molecular flexibility index (Phi) is 4.27. The fourth-order valence-corrected chi connectivity index (χ4v) is 0.460. The molecular formula is C6H3F7O3. The monoisotopic (exact) mass is 256 g/mol. The molecular weight excluding hydrogens is 253 g/mol. The van der Waals surface area contributed by atoms with E-state index in [1.165, 1.54) is 0 Å². The van der Waals surface area contributed by atoms with Crippen LogP contribution in [0.15, 0.2) is 0 Å². The fraction of sp³-hybridized carbons (Fsp3) is 0.667. The number of alkyl halides is 7. The molecule has 0 aliphatic heterocycles. The predicted octanol–water partition coefficient (Wildman–Crippen LogP) is 1.91. The zero-order valence-corrected chi connectivity index (χ0v) is 7.15. The van der Waals surface area contributed by atoms with Gasteiger partial charge in [-0.15, -0.1) is 0 Å². The molecule has 0 aromatic carbocycles. The normalized spacial score (nSPS) is 12.8. The van der Waals surface area contributed by atoms with Crippen molar-refractivity contribution in [2.75, 3.05) is 0 Å². The van der Waals surface area contributed by atoms with E-state index in [9.17, 15) is 40.3 Å². The summed E-state index contributed by atoms with van der Waals surface area (Å²) in [6.07, 6.45) is -11.9. The van der Waals surface area contributed by atoms with E-state index in [0.29, 0.717) is 0 Å². The van der Waals surface area contributed by atoms with Gasteiger partial charge in [-0.2, -0.15) is 22.0 Å². The topological polar surface area (TPSA) is 43.4 Å². The van der Waals surface area contributed by atoms with E-state index in [1.807, 2.05) is 0 Å². The van der Waals surface area contributed by atoms with Crippen molar-refractivity contribution in [3.05, 3.63) is 0 Å². The van der Waals surface area contributed by atoms with E-state index < -0.39 is 36.9 Å². The van der Waals surface area contributed by atoms with Crippen LogP contribution < -0.4 is 0 Å². The maximum Gasteiger partial charge on any atom is 0.402 e. The van der Waals surface area contributed by atoms with Crippen LogP contribution in [0.4, 0.5) is 30.7 Å². The highest BCUT2D eigenvalue weighted by Crippen LogP contribution is 2.26. The molecule has 16 heavy (non-hydrogen) atoms. The Labute approximate surface area is 83.2 Å². The van der Waals surface area contributed by atoms with Crippen LogP contribution in [0.1, 0.15) is 6.42 Å². The van der Waals surface area contributed by atoms with Crippen LogP contribution in [0, 0.1) is 0 Å². The highest BCUT2D eigenvalue weighted by Gasteiger charge is 2.52. The Morgan fingerprint density at radius 2 is 1.50 bits per heavy atom. The van der Waals surface area contributed by atoms with Gasteiger partial charge in [-0.1, -0.05) is 0 Å². The van der Waals surface area contributed by atoms with E-state index >= 15 is 0 Å². The molecule has 10 heteroatoms. The number of esters is 2. The molecule has 0 bridgehead atoms. The first-order valence-electron chi connectivity index (χ1n) is 3.44. The first-order chi connectivity index (χ1) is 6.97. The first-order valence-corrected chi connectivity index (χ1v) is 3.44. The lowest BCUT2D eigenvalue weighted by molar-refractivity contribution is -0.201. The lowest BCUT2D eigenvalue weighted by atomic mass is 10.3. The van der Waals surface area contributed by atoms with Gasteiger partial charge < -0.3 is 4.74 Å². The number of carbonyl (C=O) groups excluding carboxylic acids is 2.